The Balaban J connectivity index is 1.62. The number of aliphatic hydroxyl groups excluding tert-OH is 2. The number of nitrogens with one attached hydrogen (secondary N) is 1. The number of aromatic nitrogens is 2. The van der Waals surface area contributed by atoms with E-state index in [0.29, 0.717) is 5.56 Å². The van der Waals surface area contributed by atoms with Crippen molar-refractivity contribution in [3.8, 4) is 17.3 Å². The number of hydrogen-bond acceptors (Lipinski definition) is 7. The third-order valence-electron chi connectivity index (χ3n) is 5.59. The van der Waals surface area contributed by atoms with E-state index in [9.17, 15) is 28.2 Å². The highest BCUT2D eigenvalue weighted by atomic mass is 19.1. The van der Waals surface area contributed by atoms with Gasteiger partial charge in [-0.3, -0.25) is 9.78 Å². The molecule has 1 fully saturated rings. The average molecular weight is 484 g/mol. The number of benzene rings is 1. The summed E-state index contributed by atoms with van der Waals surface area (Å²) in [7, 11) is 0. The molecule has 3 heterocycles. The van der Waals surface area contributed by atoms with Crippen molar-refractivity contribution in [2.24, 2.45) is 0 Å². The van der Waals surface area contributed by atoms with Crippen molar-refractivity contribution in [1.29, 1.82) is 5.26 Å². The van der Waals surface area contributed by atoms with Gasteiger partial charge < -0.3 is 20.3 Å². The van der Waals surface area contributed by atoms with Crippen molar-refractivity contribution in [3.05, 3.63) is 77.5 Å². The fourth-order valence-corrected chi connectivity index (χ4v) is 3.86. The van der Waals surface area contributed by atoms with Crippen molar-refractivity contribution >= 4 is 11.6 Å². The first-order chi connectivity index (χ1) is 16.8. The lowest BCUT2D eigenvalue weighted by atomic mass is 9.92. The first-order valence-corrected chi connectivity index (χ1v) is 10.5. The number of anilines is 1. The van der Waals surface area contributed by atoms with Gasteiger partial charge in [0.1, 0.15) is 34.9 Å². The molecule has 35 heavy (non-hydrogen) atoms. The van der Waals surface area contributed by atoms with Gasteiger partial charge in [-0.1, -0.05) is 6.07 Å². The number of amides is 1. The van der Waals surface area contributed by atoms with Crippen molar-refractivity contribution in [3.63, 3.8) is 0 Å². The van der Waals surface area contributed by atoms with E-state index in [-0.39, 0.29) is 24.2 Å². The zero-order chi connectivity index (χ0) is 25.1. The molecule has 0 radical (unpaired) electrons. The Kier molecular flexibility index (Phi) is 7.07. The summed E-state index contributed by atoms with van der Waals surface area (Å²) in [6.07, 6.45) is -1.56. The number of hydrogen-bond donors (Lipinski definition) is 3. The van der Waals surface area contributed by atoms with Crippen LogP contribution in [0.25, 0.3) is 11.3 Å². The van der Waals surface area contributed by atoms with Crippen LogP contribution in [0.5, 0.6) is 0 Å². The number of pyridine rings is 2. The van der Waals surface area contributed by atoms with Crippen LogP contribution in [0.1, 0.15) is 35.0 Å². The third-order valence-corrected chi connectivity index (χ3v) is 5.59. The quantitative estimate of drug-likeness (QED) is 0.507. The minimum atomic E-state index is -1.24. The first kappa shape index (κ1) is 24.3. The molecule has 4 rings (SSSR count). The highest BCUT2D eigenvalue weighted by Crippen LogP contribution is 2.36. The molecule has 1 saturated heterocycles. The summed E-state index contributed by atoms with van der Waals surface area (Å²) in [5.41, 5.74) is -1.10. The van der Waals surface area contributed by atoms with Gasteiger partial charge in [-0.15, -0.1) is 0 Å². The predicted octanol–water partition coefficient (Wildman–Crippen LogP) is 3.28. The fourth-order valence-electron chi connectivity index (χ4n) is 3.86. The van der Waals surface area contributed by atoms with Crippen LogP contribution in [0, 0.1) is 28.8 Å². The summed E-state index contributed by atoms with van der Waals surface area (Å²) in [6, 6.07) is 8.38. The number of halogens is 3. The Hall–Kier alpha value is -3.85. The molecule has 11 heteroatoms. The molecule has 3 N–H and O–H groups in total. The highest BCUT2D eigenvalue weighted by molar-refractivity contribution is 6.03. The number of aliphatic hydroxyl groups is 2. The van der Waals surface area contributed by atoms with E-state index >= 15 is 0 Å². The second kappa shape index (κ2) is 10.2. The van der Waals surface area contributed by atoms with E-state index in [1.54, 1.807) is 0 Å². The van der Waals surface area contributed by atoms with Crippen LogP contribution in [0.15, 0.2) is 48.8 Å². The molecule has 180 valence electrons. The van der Waals surface area contributed by atoms with Gasteiger partial charge >= 0.3 is 0 Å². The summed E-state index contributed by atoms with van der Waals surface area (Å²) in [5.74, 6) is -3.90. The molecule has 0 unspecified atom stereocenters. The Morgan fingerprint density at radius 2 is 1.89 bits per heavy atom. The number of carbonyl (C=O) groups excluding carboxylic acids is 1. The maximum Gasteiger partial charge on any atom is 0.274 e. The predicted molar refractivity (Wildman–Crippen MR) is 116 cm³/mol. The summed E-state index contributed by atoms with van der Waals surface area (Å²) in [4.78, 5) is 20.7. The molecular formula is C24H19F3N4O4. The second-order valence-electron chi connectivity index (χ2n) is 7.86. The number of ether oxygens (including phenoxy) is 1. The number of rotatable bonds is 5. The van der Waals surface area contributed by atoms with E-state index in [2.05, 4.69) is 15.3 Å². The van der Waals surface area contributed by atoms with Crippen molar-refractivity contribution in [1.82, 2.24) is 9.97 Å². The maximum atomic E-state index is 14.4. The average Bonchev–Trinajstić information content (AvgIpc) is 2.83. The molecule has 1 amide bonds. The standard InChI is InChI=1S/C24H19F3N4O4/c25-13-2-1-3-14(26)21(13)22-15(27)4-5-16(30-22)24(34)31-17-11-29-9-7-12(17)20-10-18(32)23(33)19(35-20)6-8-28/h1-5,7,9,11,18-20,23,32-33H,6,10H2,(H,31,34)/t18-,19-,20-,23+/m1/s1. The Labute approximate surface area is 197 Å². The van der Waals surface area contributed by atoms with Gasteiger partial charge in [-0.2, -0.15) is 5.26 Å². The second-order valence-corrected chi connectivity index (χ2v) is 7.86. The molecule has 1 aliphatic heterocycles. The molecule has 0 aliphatic carbocycles. The lowest BCUT2D eigenvalue weighted by Crippen LogP contribution is -2.45. The Morgan fingerprint density at radius 1 is 1.14 bits per heavy atom. The van der Waals surface area contributed by atoms with Crippen LogP contribution < -0.4 is 5.32 Å². The van der Waals surface area contributed by atoms with Gasteiger partial charge in [0.15, 0.2) is 0 Å². The summed E-state index contributed by atoms with van der Waals surface area (Å²) >= 11 is 0. The number of nitrogens with zero attached hydrogens (tertiary/aromatic N) is 3. The Bertz CT molecular complexity index is 1280. The number of carbonyl (C=O) groups is 1. The molecular weight excluding hydrogens is 465 g/mol. The van der Waals surface area contributed by atoms with Gasteiger partial charge in [0.25, 0.3) is 5.91 Å². The summed E-state index contributed by atoms with van der Waals surface area (Å²) < 4.78 is 48.5. The van der Waals surface area contributed by atoms with Crippen LogP contribution in [0.3, 0.4) is 0 Å². The summed E-state index contributed by atoms with van der Waals surface area (Å²) in [5, 5.41) is 31.8. The molecule has 0 spiro atoms. The van der Waals surface area contributed by atoms with Crippen molar-refractivity contribution in [2.75, 3.05) is 5.32 Å². The van der Waals surface area contributed by atoms with E-state index in [4.69, 9.17) is 10.00 Å². The molecule has 1 aliphatic rings. The van der Waals surface area contributed by atoms with E-state index in [1.807, 2.05) is 6.07 Å². The highest BCUT2D eigenvalue weighted by Gasteiger charge is 2.38. The van der Waals surface area contributed by atoms with Crippen LogP contribution in [0.4, 0.5) is 18.9 Å². The topological polar surface area (TPSA) is 128 Å². The molecule has 4 atom stereocenters. The van der Waals surface area contributed by atoms with Crippen LogP contribution in [0.2, 0.25) is 0 Å². The van der Waals surface area contributed by atoms with E-state index < -0.39 is 59.0 Å². The monoisotopic (exact) mass is 484 g/mol. The first-order valence-electron chi connectivity index (χ1n) is 10.5. The zero-order valence-electron chi connectivity index (χ0n) is 18.0. The lowest BCUT2D eigenvalue weighted by molar-refractivity contribution is -0.168. The number of nitriles is 1. The van der Waals surface area contributed by atoms with Crippen molar-refractivity contribution in [2.45, 2.75) is 37.3 Å². The van der Waals surface area contributed by atoms with Gasteiger partial charge in [0.05, 0.1) is 48.2 Å². The molecule has 3 aromatic rings. The van der Waals surface area contributed by atoms with Gasteiger partial charge in [-0.25, -0.2) is 18.2 Å². The van der Waals surface area contributed by atoms with E-state index in [0.717, 1.165) is 30.3 Å². The van der Waals surface area contributed by atoms with Crippen molar-refractivity contribution < 1.29 is 32.9 Å². The van der Waals surface area contributed by atoms with Gasteiger partial charge in [0, 0.05) is 18.2 Å². The summed E-state index contributed by atoms with van der Waals surface area (Å²) in [6.45, 7) is 0. The molecule has 1 aromatic carbocycles. The zero-order valence-corrected chi connectivity index (χ0v) is 18.0. The maximum absolute atomic E-state index is 14.4. The molecule has 0 bridgehead atoms. The van der Waals surface area contributed by atoms with Gasteiger partial charge in [0.2, 0.25) is 0 Å². The fraction of sp³-hybridized carbons (Fsp3) is 0.250. The SMILES string of the molecule is N#CC[C@H]1O[C@@H](c2ccncc2NC(=O)c2ccc(F)c(-c3c(F)cccc3F)n2)C[C@@H](O)[C@@H]1O. The molecule has 8 nitrogen and oxygen atoms in total. The third kappa shape index (κ3) is 5.00. The molecule has 0 saturated carbocycles. The van der Waals surface area contributed by atoms with Crippen LogP contribution in [-0.2, 0) is 4.74 Å². The van der Waals surface area contributed by atoms with E-state index in [1.165, 1.54) is 18.5 Å². The smallest absolute Gasteiger partial charge is 0.274 e. The minimum absolute atomic E-state index is 0.0124. The minimum Gasteiger partial charge on any atom is -0.390 e. The lowest BCUT2D eigenvalue weighted by Gasteiger charge is -2.37. The van der Waals surface area contributed by atoms with Gasteiger partial charge in [-0.05, 0) is 30.3 Å². The van der Waals surface area contributed by atoms with Crippen LogP contribution >= 0.6 is 0 Å². The largest absolute Gasteiger partial charge is 0.390 e. The van der Waals surface area contributed by atoms with Crippen LogP contribution in [-0.4, -0.2) is 44.4 Å². The normalized spacial score (nSPS) is 21.8. The Morgan fingerprint density at radius 3 is 2.60 bits per heavy atom. The molecule has 2 aromatic heterocycles.